The first kappa shape index (κ1) is 34.4. The van der Waals surface area contributed by atoms with E-state index in [4.69, 9.17) is 16.3 Å². The fourth-order valence-electron chi connectivity index (χ4n) is 9.13. The number of rotatable bonds is 8. The van der Waals surface area contributed by atoms with Crippen LogP contribution >= 0.6 is 11.6 Å². The number of phenols is 2. The van der Waals surface area contributed by atoms with E-state index in [0.717, 1.165) is 10.6 Å². The SMILES string of the molecule is COc1cccc(C2C3=CCC4C(=O)N(CCc5ccc(O)cc5)C(=O)C4C3CC3C(=O)N(Nc4ccc(F)cc4)C(=O)C32c2ccc(Cl)cc2)c1O. The van der Waals surface area contributed by atoms with E-state index < -0.39 is 52.6 Å². The van der Waals surface area contributed by atoms with Gasteiger partial charge in [0.1, 0.15) is 11.6 Å². The quantitative estimate of drug-likeness (QED) is 0.145. The molecule has 2 aliphatic heterocycles. The van der Waals surface area contributed by atoms with Gasteiger partial charge < -0.3 is 14.9 Å². The average molecular weight is 736 g/mol. The third-order valence-electron chi connectivity index (χ3n) is 11.5. The first-order valence-electron chi connectivity index (χ1n) is 17.4. The first-order valence-corrected chi connectivity index (χ1v) is 17.8. The number of para-hydroxylation sites is 1. The number of anilines is 1. The van der Waals surface area contributed by atoms with Gasteiger partial charge in [-0.15, -0.1) is 0 Å². The molecule has 4 aromatic rings. The molecule has 10 nitrogen and oxygen atoms in total. The summed E-state index contributed by atoms with van der Waals surface area (Å²) in [7, 11) is 1.42. The molecule has 3 fully saturated rings. The number of nitrogens with zero attached hydrogens (tertiary/aromatic N) is 2. The minimum atomic E-state index is -1.64. The second-order valence-electron chi connectivity index (χ2n) is 14.0. The third-order valence-corrected chi connectivity index (χ3v) is 11.7. The summed E-state index contributed by atoms with van der Waals surface area (Å²) in [6.07, 6.45) is 2.58. The van der Waals surface area contributed by atoms with Gasteiger partial charge in [-0.3, -0.25) is 29.5 Å². The highest BCUT2D eigenvalue weighted by atomic mass is 35.5. The van der Waals surface area contributed by atoms with Crippen molar-refractivity contribution in [2.75, 3.05) is 19.1 Å². The number of hydrogen-bond acceptors (Lipinski definition) is 8. The summed E-state index contributed by atoms with van der Waals surface area (Å²) in [5, 5.41) is 22.9. The number of aromatic hydroxyl groups is 2. The molecule has 53 heavy (non-hydrogen) atoms. The van der Waals surface area contributed by atoms with E-state index in [1.165, 1.54) is 36.3 Å². The van der Waals surface area contributed by atoms with Crippen LogP contribution in [-0.2, 0) is 31.0 Å². The predicted octanol–water partition coefficient (Wildman–Crippen LogP) is 6.13. The van der Waals surface area contributed by atoms with Crippen molar-refractivity contribution in [3.63, 3.8) is 0 Å². The number of benzene rings is 4. The van der Waals surface area contributed by atoms with Crippen molar-refractivity contribution < 1.29 is 38.5 Å². The lowest BCUT2D eigenvalue weighted by Crippen LogP contribution is -2.53. The van der Waals surface area contributed by atoms with Crippen LogP contribution in [0.5, 0.6) is 17.2 Å². The molecule has 2 saturated heterocycles. The Hall–Kier alpha value is -5.68. The van der Waals surface area contributed by atoms with Crippen molar-refractivity contribution in [2.24, 2.45) is 23.7 Å². The van der Waals surface area contributed by atoms with Gasteiger partial charge in [0.15, 0.2) is 11.5 Å². The highest BCUT2D eigenvalue weighted by Gasteiger charge is 2.70. The lowest BCUT2D eigenvalue weighted by Gasteiger charge is -2.50. The number of imide groups is 2. The van der Waals surface area contributed by atoms with Gasteiger partial charge in [-0.2, -0.15) is 5.01 Å². The van der Waals surface area contributed by atoms with Gasteiger partial charge in [-0.1, -0.05) is 59.6 Å². The van der Waals surface area contributed by atoms with Crippen LogP contribution in [0.25, 0.3) is 0 Å². The van der Waals surface area contributed by atoms with Gasteiger partial charge in [0.25, 0.3) is 11.8 Å². The Labute approximate surface area is 309 Å². The van der Waals surface area contributed by atoms with Crippen LogP contribution < -0.4 is 10.2 Å². The van der Waals surface area contributed by atoms with Crippen molar-refractivity contribution in [3.8, 4) is 17.2 Å². The average Bonchev–Trinajstić information content (AvgIpc) is 3.53. The molecule has 0 radical (unpaired) electrons. The summed E-state index contributed by atoms with van der Waals surface area (Å²) in [5.41, 5.74) is 3.90. The molecule has 6 unspecified atom stereocenters. The number of fused-ring (bicyclic) bond motifs is 4. The van der Waals surface area contributed by atoms with Gasteiger partial charge in [-0.25, -0.2) is 4.39 Å². The summed E-state index contributed by atoms with van der Waals surface area (Å²) >= 11 is 6.35. The molecule has 3 N–H and O–H groups in total. The summed E-state index contributed by atoms with van der Waals surface area (Å²) in [6, 6.07) is 23.5. The number of carbonyl (C=O) groups is 4. The summed E-state index contributed by atoms with van der Waals surface area (Å²) in [4.78, 5) is 59.6. The predicted molar refractivity (Wildman–Crippen MR) is 192 cm³/mol. The van der Waals surface area contributed by atoms with E-state index in [-0.39, 0.29) is 48.4 Å². The molecule has 0 spiro atoms. The number of likely N-dealkylation sites (tertiary alicyclic amines) is 1. The molecule has 4 aliphatic rings. The van der Waals surface area contributed by atoms with Gasteiger partial charge >= 0.3 is 0 Å². The highest BCUT2D eigenvalue weighted by Crippen LogP contribution is 2.65. The fourth-order valence-corrected chi connectivity index (χ4v) is 9.25. The standard InChI is InChI=1S/C41H35ClFN3O7/c1-53-33-4-2-3-30(36(33)48)35-28-17-18-29-34(39(51)45(37(29)49)20-19-22-5-15-27(47)16-6-22)31(28)21-32-38(50)46(44-26-13-11-25(43)12-14-26)40(52)41(32,35)23-7-9-24(42)10-8-23/h2-17,29,31-32,34-35,44,47-48H,18-21H2,1H3. The molecular formula is C41H35ClFN3O7. The molecule has 2 heterocycles. The number of ether oxygens (including phenoxy) is 1. The van der Waals surface area contributed by atoms with Crippen molar-refractivity contribution in [2.45, 2.75) is 30.6 Å². The normalized spacial score (nSPS) is 26.2. The van der Waals surface area contributed by atoms with Crippen molar-refractivity contribution in [1.29, 1.82) is 0 Å². The topological polar surface area (TPSA) is 136 Å². The fraction of sp³-hybridized carbons (Fsp3) is 0.268. The Morgan fingerprint density at radius 1 is 0.887 bits per heavy atom. The number of halogens is 2. The molecule has 1 saturated carbocycles. The van der Waals surface area contributed by atoms with E-state index >= 15 is 4.79 Å². The summed E-state index contributed by atoms with van der Waals surface area (Å²) in [6.45, 7) is 0.141. The number of hydrazine groups is 1. The zero-order chi connectivity index (χ0) is 37.2. The third kappa shape index (κ3) is 5.36. The Morgan fingerprint density at radius 3 is 2.30 bits per heavy atom. The van der Waals surface area contributed by atoms with E-state index in [1.807, 2.05) is 6.08 Å². The lowest BCUT2D eigenvalue weighted by atomic mass is 9.49. The minimum Gasteiger partial charge on any atom is -0.508 e. The molecule has 0 aromatic heterocycles. The summed E-state index contributed by atoms with van der Waals surface area (Å²) < 4.78 is 19.4. The van der Waals surface area contributed by atoms with Crippen LogP contribution in [-0.4, -0.2) is 57.4 Å². The van der Waals surface area contributed by atoms with E-state index in [9.17, 15) is 29.0 Å². The summed E-state index contributed by atoms with van der Waals surface area (Å²) in [5.74, 6) is -6.39. The smallest absolute Gasteiger partial charge is 0.260 e. The van der Waals surface area contributed by atoms with Crippen LogP contribution in [0.4, 0.5) is 10.1 Å². The number of methoxy groups -OCH3 is 1. The van der Waals surface area contributed by atoms with E-state index in [0.29, 0.717) is 33.8 Å². The highest BCUT2D eigenvalue weighted by molar-refractivity contribution is 6.30. The zero-order valence-electron chi connectivity index (χ0n) is 28.5. The number of nitrogens with one attached hydrogen (secondary N) is 1. The maximum atomic E-state index is 15.2. The molecule has 8 rings (SSSR count). The number of amides is 4. The Balaban J connectivity index is 1.27. The maximum absolute atomic E-state index is 15.2. The molecule has 6 atom stereocenters. The molecular weight excluding hydrogens is 701 g/mol. The molecule has 4 amide bonds. The number of carbonyl (C=O) groups excluding carboxylic acids is 4. The minimum absolute atomic E-state index is 0.0633. The van der Waals surface area contributed by atoms with Crippen LogP contribution in [0.3, 0.4) is 0 Å². The molecule has 12 heteroatoms. The Bertz CT molecular complexity index is 2180. The van der Waals surface area contributed by atoms with Gasteiger partial charge in [-0.05, 0) is 90.9 Å². The maximum Gasteiger partial charge on any atom is 0.260 e. The molecule has 270 valence electrons. The van der Waals surface area contributed by atoms with Gasteiger partial charge in [0, 0.05) is 23.0 Å². The molecule has 4 aromatic carbocycles. The molecule has 0 bridgehead atoms. The first-order chi connectivity index (χ1) is 25.5. The van der Waals surface area contributed by atoms with Gasteiger partial charge in [0.05, 0.1) is 36.0 Å². The van der Waals surface area contributed by atoms with Crippen LogP contribution in [0.15, 0.2) is 103 Å². The number of phenolic OH excluding ortho intramolecular Hbond substituents is 2. The van der Waals surface area contributed by atoms with Crippen molar-refractivity contribution >= 4 is 40.9 Å². The van der Waals surface area contributed by atoms with Crippen molar-refractivity contribution in [1.82, 2.24) is 9.91 Å². The van der Waals surface area contributed by atoms with Gasteiger partial charge in [0.2, 0.25) is 11.8 Å². The van der Waals surface area contributed by atoms with E-state index in [1.54, 1.807) is 66.7 Å². The second-order valence-corrected chi connectivity index (χ2v) is 14.5. The zero-order valence-corrected chi connectivity index (χ0v) is 29.3. The number of allylic oxidation sites excluding steroid dienone is 2. The molecule has 2 aliphatic carbocycles. The van der Waals surface area contributed by atoms with Crippen LogP contribution in [0.1, 0.15) is 35.4 Å². The number of hydrogen-bond donors (Lipinski definition) is 3. The van der Waals surface area contributed by atoms with Crippen molar-refractivity contribution in [3.05, 3.63) is 130 Å². The lowest BCUT2D eigenvalue weighted by molar-refractivity contribution is -0.141. The Kier molecular flexibility index (Phi) is 8.48. The Morgan fingerprint density at radius 2 is 1.60 bits per heavy atom. The monoisotopic (exact) mass is 735 g/mol. The van der Waals surface area contributed by atoms with Crippen LogP contribution in [0, 0.1) is 29.5 Å². The van der Waals surface area contributed by atoms with E-state index in [2.05, 4.69) is 5.43 Å². The van der Waals surface area contributed by atoms with Crippen LogP contribution in [0.2, 0.25) is 5.02 Å². The largest absolute Gasteiger partial charge is 0.508 e. The second kappa shape index (κ2) is 13.1.